The Labute approximate surface area is 132 Å². The molecular weight excluding hydrogens is 360 g/mol. The third-order valence-corrected chi connectivity index (χ3v) is 6.24. The van der Waals surface area contributed by atoms with E-state index in [4.69, 9.17) is 0 Å². The zero-order chi connectivity index (χ0) is 15.6. The molecule has 0 aliphatic heterocycles. The molecule has 116 valence electrons. The van der Waals surface area contributed by atoms with Gasteiger partial charge in [0.25, 0.3) is 5.69 Å². The van der Waals surface area contributed by atoms with E-state index in [0.29, 0.717) is 23.5 Å². The van der Waals surface area contributed by atoms with Crippen molar-refractivity contribution in [3.05, 3.63) is 32.8 Å². The third kappa shape index (κ3) is 3.44. The van der Waals surface area contributed by atoms with Gasteiger partial charge in [0.2, 0.25) is 10.0 Å². The van der Waals surface area contributed by atoms with E-state index < -0.39 is 14.9 Å². The molecule has 0 atom stereocenters. The number of sulfonamides is 1. The van der Waals surface area contributed by atoms with Crippen LogP contribution in [0.25, 0.3) is 0 Å². The molecule has 1 aliphatic carbocycles. The summed E-state index contributed by atoms with van der Waals surface area (Å²) in [5.74, 6) is 0.367. The smallest absolute Gasteiger partial charge is 0.258 e. The van der Waals surface area contributed by atoms with Crippen LogP contribution in [0.2, 0.25) is 0 Å². The normalized spacial score (nSPS) is 16.0. The predicted molar refractivity (Wildman–Crippen MR) is 82.6 cm³/mol. The average Bonchev–Trinajstić information content (AvgIpc) is 2.36. The lowest BCUT2D eigenvalue weighted by atomic mass is 9.85. The summed E-state index contributed by atoms with van der Waals surface area (Å²) in [6.07, 6.45) is 3.17. The SMILES string of the molecule is CCN(CC1CCC1)S(=O)(=O)c1cc(Br)ccc1[N+](=O)[O-]. The van der Waals surface area contributed by atoms with Gasteiger partial charge in [-0.05, 0) is 30.9 Å². The molecule has 0 N–H and O–H groups in total. The molecule has 1 aromatic rings. The number of halogens is 1. The fourth-order valence-electron chi connectivity index (χ4n) is 2.35. The minimum atomic E-state index is -3.86. The van der Waals surface area contributed by atoms with Crippen molar-refractivity contribution in [2.24, 2.45) is 5.92 Å². The number of nitrogens with zero attached hydrogens (tertiary/aromatic N) is 2. The van der Waals surface area contributed by atoms with Crippen LogP contribution in [0, 0.1) is 16.0 Å². The quantitative estimate of drug-likeness (QED) is 0.563. The van der Waals surface area contributed by atoms with E-state index in [-0.39, 0.29) is 10.6 Å². The maximum atomic E-state index is 12.7. The Hall–Kier alpha value is -0.990. The van der Waals surface area contributed by atoms with Crippen molar-refractivity contribution in [3.8, 4) is 0 Å². The minimum Gasteiger partial charge on any atom is -0.258 e. The largest absolute Gasteiger partial charge is 0.289 e. The van der Waals surface area contributed by atoms with Crippen molar-refractivity contribution in [1.29, 1.82) is 0 Å². The van der Waals surface area contributed by atoms with E-state index in [2.05, 4.69) is 15.9 Å². The van der Waals surface area contributed by atoms with E-state index in [9.17, 15) is 18.5 Å². The Bertz CT molecular complexity index is 644. The van der Waals surface area contributed by atoms with Gasteiger partial charge in [-0.25, -0.2) is 8.42 Å². The fourth-order valence-corrected chi connectivity index (χ4v) is 4.57. The highest BCUT2D eigenvalue weighted by Gasteiger charge is 2.33. The van der Waals surface area contributed by atoms with Crippen LogP contribution in [0.5, 0.6) is 0 Å². The van der Waals surface area contributed by atoms with Gasteiger partial charge in [-0.1, -0.05) is 29.3 Å². The monoisotopic (exact) mass is 376 g/mol. The van der Waals surface area contributed by atoms with Crippen LogP contribution in [0.4, 0.5) is 5.69 Å². The van der Waals surface area contributed by atoms with Gasteiger partial charge >= 0.3 is 0 Å². The highest BCUT2D eigenvalue weighted by atomic mass is 79.9. The van der Waals surface area contributed by atoms with Crippen LogP contribution in [-0.2, 0) is 10.0 Å². The first kappa shape index (κ1) is 16.4. The molecule has 1 saturated carbocycles. The molecule has 0 spiro atoms. The third-order valence-electron chi connectivity index (χ3n) is 3.78. The van der Waals surface area contributed by atoms with Crippen molar-refractivity contribution in [1.82, 2.24) is 4.31 Å². The molecule has 6 nitrogen and oxygen atoms in total. The van der Waals surface area contributed by atoms with Crippen LogP contribution in [-0.4, -0.2) is 30.7 Å². The molecule has 0 heterocycles. The summed E-state index contributed by atoms with van der Waals surface area (Å²) in [4.78, 5) is 10.2. The second-order valence-electron chi connectivity index (χ2n) is 5.12. The number of hydrogen-bond donors (Lipinski definition) is 0. The Balaban J connectivity index is 2.41. The predicted octanol–water partition coefficient (Wildman–Crippen LogP) is 3.17. The molecule has 0 aromatic heterocycles. The van der Waals surface area contributed by atoms with Crippen molar-refractivity contribution >= 4 is 31.6 Å². The topological polar surface area (TPSA) is 80.5 Å². The van der Waals surface area contributed by atoms with E-state index in [1.54, 1.807) is 6.92 Å². The summed E-state index contributed by atoms with van der Waals surface area (Å²) in [5.41, 5.74) is -0.384. The number of benzene rings is 1. The lowest BCUT2D eigenvalue weighted by Gasteiger charge is -2.31. The lowest BCUT2D eigenvalue weighted by Crippen LogP contribution is -2.37. The number of hydrogen-bond acceptors (Lipinski definition) is 4. The van der Waals surface area contributed by atoms with E-state index in [1.807, 2.05) is 0 Å². The standard InChI is InChI=1S/C13H17BrN2O4S/c1-2-15(9-10-4-3-5-10)21(19,20)13-8-11(14)6-7-12(13)16(17)18/h6-8,10H,2-5,9H2,1H3. The summed E-state index contributed by atoms with van der Waals surface area (Å²) in [7, 11) is -3.86. The second-order valence-corrected chi connectivity index (χ2v) is 7.94. The van der Waals surface area contributed by atoms with Gasteiger partial charge in [0.05, 0.1) is 4.92 Å². The van der Waals surface area contributed by atoms with Gasteiger partial charge in [0.1, 0.15) is 0 Å². The van der Waals surface area contributed by atoms with Gasteiger partial charge in [-0.15, -0.1) is 0 Å². The van der Waals surface area contributed by atoms with Gasteiger partial charge in [0, 0.05) is 23.6 Å². The molecule has 21 heavy (non-hydrogen) atoms. The van der Waals surface area contributed by atoms with Crippen molar-refractivity contribution < 1.29 is 13.3 Å². The molecule has 0 radical (unpaired) electrons. The zero-order valence-electron chi connectivity index (χ0n) is 11.7. The van der Waals surface area contributed by atoms with Crippen LogP contribution in [0.15, 0.2) is 27.6 Å². The van der Waals surface area contributed by atoms with E-state index in [0.717, 1.165) is 19.3 Å². The molecule has 2 rings (SSSR count). The van der Waals surface area contributed by atoms with Crippen molar-refractivity contribution in [2.45, 2.75) is 31.1 Å². The molecular formula is C13H17BrN2O4S. The molecule has 1 fully saturated rings. The summed E-state index contributed by atoms with van der Waals surface area (Å²) >= 11 is 3.18. The number of nitro benzene ring substituents is 1. The van der Waals surface area contributed by atoms with Crippen molar-refractivity contribution in [3.63, 3.8) is 0 Å². The molecule has 8 heteroatoms. The minimum absolute atomic E-state index is 0.247. The maximum absolute atomic E-state index is 12.7. The first-order chi connectivity index (χ1) is 9.86. The molecule has 0 saturated heterocycles. The molecule has 0 bridgehead atoms. The molecule has 1 aliphatic rings. The molecule has 0 amide bonds. The Morgan fingerprint density at radius 2 is 2.10 bits per heavy atom. The average molecular weight is 377 g/mol. The maximum Gasteiger partial charge on any atom is 0.289 e. The van der Waals surface area contributed by atoms with Gasteiger partial charge < -0.3 is 0 Å². The van der Waals surface area contributed by atoms with Gasteiger partial charge in [0.15, 0.2) is 4.90 Å². The summed E-state index contributed by atoms with van der Waals surface area (Å²) in [5, 5.41) is 11.1. The Kier molecular flexibility index (Phi) is 5.00. The Morgan fingerprint density at radius 1 is 1.43 bits per heavy atom. The van der Waals surface area contributed by atoms with Gasteiger partial charge in [-0.3, -0.25) is 10.1 Å². The van der Waals surface area contributed by atoms with E-state index in [1.165, 1.54) is 22.5 Å². The Morgan fingerprint density at radius 3 is 2.57 bits per heavy atom. The molecule has 0 unspecified atom stereocenters. The van der Waals surface area contributed by atoms with E-state index >= 15 is 0 Å². The van der Waals surface area contributed by atoms with Crippen LogP contribution >= 0.6 is 15.9 Å². The first-order valence-corrected chi connectivity index (χ1v) is 9.03. The fraction of sp³-hybridized carbons (Fsp3) is 0.538. The first-order valence-electron chi connectivity index (χ1n) is 6.80. The van der Waals surface area contributed by atoms with Gasteiger partial charge in [-0.2, -0.15) is 4.31 Å². The highest BCUT2D eigenvalue weighted by molar-refractivity contribution is 9.10. The van der Waals surface area contributed by atoms with Crippen molar-refractivity contribution in [2.75, 3.05) is 13.1 Å². The molecule has 1 aromatic carbocycles. The number of rotatable bonds is 6. The number of nitro groups is 1. The summed E-state index contributed by atoms with van der Waals surface area (Å²) < 4.78 is 27.3. The lowest BCUT2D eigenvalue weighted by molar-refractivity contribution is -0.387. The highest BCUT2D eigenvalue weighted by Crippen LogP contribution is 2.32. The van der Waals surface area contributed by atoms with Crippen LogP contribution in [0.1, 0.15) is 26.2 Å². The summed E-state index contributed by atoms with van der Waals surface area (Å²) in [6.45, 7) is 2.49. The summed E-state index contributed by atoms with van der Waals surface area (Å²) in [6, 6.07) is 3.99. The zero-order valence-corrected chi connectivity index (χ0v) is 14.1. The second kappa shape index (κ2) is 6.41. The van der Waals surface area contributed by atoms with Crippen LogP contribution in [0.3, 0.4) is 0 Å². The van der Waals surface area contributed by atoms with Crippen LogP contribution < -0.4 is 0 Å².